The van der Waals surface area contributed by atoms with Gasteiger partial charge < -0.3 is 14.4 Å². The number of aromatic nitrogens is 1. The maximum absolute atomic E-state index is 12.0. The van der Waals surface area contributed by atoms with Crippen LogP contribution in [-0.4, -0.2) is 16.8 Å². The Kier molecular flexibility index (Phi) is 3.81. The number of pyridine rings is 1. The molecule has 0 aliphatic carbocycles. The third-order valence-electron chi connectivity index (χ3n) is 2.95. The molecule has 0 spiro atoms. The predicted molar refractivity (Wildman–Crippen MR) is 74.2 cm³/mol. The fourth-order valence-corrected chi connectivity index (χ4v) is 2.08. The Hall–Kier alpha value is -1.94. The van der Waals surface area contributed by atoms with Gasteiger partial charge in [0.1, 0.15) is 16.5 Å². The van der Waals surface area contributed by atoms with Crippen molar-refractivity contribution in [1.29, 1.82) is 0 Å². The molecule has 0 amide bonds. The molecule has 0 bridgehead atoms. The number of rotatable bonds is 3. The monoisotopic (exact) mass is 279 g/mol. The Morgan fingerprint density at radius 3 is 2.74 bits per heavy atom. The number of hydrogen-bond donors (Lipinski definition) is 1. The Labute approximate surface area is 115 Å². The molecular formula is C14H14ClNO3. The fraction of sp³-hybridized carbons (Fsp3) is 0.214. The minimum absolute atomic E-state index is 0.166. The first-order valence-electron chi connectivity index (χ1n) is 5.75. The predicted octanol–water partition coefficient (Wildman–Crippen LogP) is 2.57. The van der Waals surface area contributed by atoms with Crippen molar-refractivity contribution in [1.82, 2.24) is 4.57 Å². The molecule has 4 nitrogen and oxygen atoms in total. The largest absolute Gasteiger partial charge is 0.506 e. The van der Waals surface area contributed by atoms with Crippen LogP contribution in [0.15, 0.2) is 35.1 Å². The minimum Gasteiger partial charge on any atom is -0.506 e. The maximum atomic E-state index is 12.0. The highest BCUT2D eigenvalue weighted by Crippen LogP contribution is 2.22. The number of halogens is 1. The molecule has 0 saturated carbocycles. The van der Waals surface area contributed by atoms with E-state index in [9.17, 15) is 9.90 Å². The second-order valence-corrected chi connectivity index (χ2v) is 4.57. The number of nitrogens with zero attached hydrogens (tertiary/aromatic N) is 1. The molecule has 100 valence electrons. The lowest BCUT2D eigenvalue weighted by molar-refractivity contribution is 0.407. The highest BCUT2D eigenvalue weighted by atomic mass is 35.5. The van der Waals surface area contributed by atoms with Crippen LogP contribution < -0.4 is 10.3 Å². The van der Waals surface area contributed by atoms with Gasteiger partial charge in [-0.1, -0.05) is 29.8 Å². The third-order valence-corrected chi connectivity index (χ3v) is 3.31. The van der Waals surface area contributed by atoms with Crippen molar-refractivity contribution >= 4 is 11.6 Å². The lowest BCUT2D eigenvalue weighted by Crippen LogP contribution is -2.23. The molecule has 2 aromatic rings. The van der Waals surface area contributed by atoms with E-state index < -0.39 is 5.56 Å². The van der Waals surface area contributed by atoms with Crippen molar-refractivity contribution in [2.24, 2.45) is 0 Å². The summed E-state index contributed by atoms with van der Waals surface area (Å²) in [5.41, 5.74) is 1.10. The van der Waals surface area contributed by atoms with Crippen LogP contribution in [-0.2, 0) is 6.54 Å². The van der Waals surface area contributed by atoms with Crippen molar-refractivity contribution in [3.05, 3.63) is 57.0 Å². The van der Waals surface area contributed by atoms with Gasteiger partial charge in [0.25, 0.3) is 5.56 Å². The molecule has 0 aliphatic rings. The zero-order valence-corrected chi connectivity index (χ0v) is 11.4. The lowest BCUT2D eigenvalue weighted by Gasteiger charge is -2.13. The zero-order chi connectivity index (χ0) is 14.0. The smallest absolute Gasteiger partial charge is 0.273 e. The Morgan fingerprint density at radius 1 is 1.37 bits per heavy atom. The second kappa shape index (κ2) is 5.36. The average Bonchev–Trinajstić information content (AvgIpc) is 2.41. The van der Waals surface area contributed by atoms with Crippen LogP contribution in [0, 0.1) is 6.92 Å². The molecule has 0 aliphatic heterocycles. The maximum Gasteiger partial charge on any atom is 0.273 e. The molecule has 19 heavy (non-hydrogen) atoms. The SMILES string of the molecule is COc1ccccc1Cn1c(C)cc(O)c(Cl)c1=O. The van der Waals surface area contributed by atoms with Gasteiger partial charge in [0.2, 0.25) is 0 Å². The number of methoxy groups -OCH3 is 1. The van der Waals surface area contributed by atoms with Gasteiger partial charge in [0.15, 0.2) is 0 Å². The summed E-state index contributed by atoms with van der Waals surface area (Å²) in [6.45, 7) is 2.08. The van der Waals surface area contributed by atoms with E-state index in [0.29, 0.717) is 18.0 Å². The van der Waals surface area contributed by atoms with Gasteiger partial charge in [-0.3, -0.25) is 4.79 Å². The Bertz CT molecular complexity index is 664. The van der Waals surface area contributed by atoms with E-state index in [1.165, 1.54) is 10.6 Å². The molecule has 0 radical (unpaired) electrons. The first-order valence-corrected chi connectivity index (χ1v) is 6.13. The highest BCUT2D eigenvalue weighted by Gasteiger charge is 2.12. The number of ether oxygens (including phenoxy) is 1. The van der Waals surface area contributed by atoms with E-state index in [-0.39, 0.29) is 10.8 Å². The van der Waals surface area contributed by atoms with Gasteiger partial charge in [-0.25, -0.2) is 0 Å². The number of aryl methyl sites for hydroxylation is 1. The third kappa shape index (κ3) is 2.58. The zero-order valence-electron chi connectivity index (χ0n) is 10.7. The molecule has 5 heteroatoms. The van der Waals surface area contributed by atoms with Crippen LogP contribution in [0.2, 0.25) is 5.02 Å². The molecule has 1 N–H and O–H groups in total. The van der Waals surface area contributed by atoms with Gasteiger partial charge in [-0.15, -0.1) is 0 Å². The quantitative estimate of drug-likeness (QED) is 0.939. The van der Waals surface area contributed by atoms with Gasteiger partial charge in [0.05, 0.1) is 13.7 Å². The standard InChI is InChI=1S/C14H14ClNO3/c1-9-7-11(17)13(15)14(18)16(9)8-10-5-3-4-6-12(10)19-2/h3-7,17H,8H2,1-2H3. The number of hydrogen-bond acceptors (Lipinski definition) is 3. The van der Waals surface area contributed by atoms with Crippen LogP contribution >= 0.6 is 11.6 Å². The summed E-state index contributed by atoms with van der Waals surface area (Å²) < 4.78 is 6.75. The van der Waals surface area contributed by atoms with Crippen molar-refractivity contribution in [3.63, 3.8) is 0 Å². The summed E-state index contributed by atoms with van der Waals surface area (Å²) in [5.74, 6) is 0.512. The molecule has 0 saturated heterocycles. The lowest BCUT2D eigenvalue weighted by atomic mass is 10.2. The summed E-state index contributed by atoms with van der Waals surface area (Å²) in [7, 11) is 1.58. The van der Waals surface area contributed by atoms with Crippen LogP contribution in [0.3, 0.4) is 0 Å². The highest BCUT2D eigenvalue weighted by molar-refractivity contribution is 6.31. The summed E-state index contributed by atoms with van der Waals surface area (Å²) in [6.07, 6.45) is 0. The number of benzene rings is 1. The second-order valence-electron chi connectivity index (χ2n) is 4.19. The van der Waals surface area contributed by atoms with Gasteiger partial charge >= 0.3 is 0 Å². The van der Waals surface area contributed by atoms with Crippen molar-refractivity contribution in [2.75, 3.05) is 7.11 Å². The summed E-state index contributed by atoms with van der Waals surface area (Å²) >= 11 is 5.78. The van der Waals surface area contributed by atoms with Crippen molar-refractivity contribution in [2.45, 2.75) is 13.5 Å². The van der Waals surface area contributed by atoms with Crippen molar-refractivity contribution in [3.8, 4) is 11.5 Å². The topological polar surface area (TPSA) is 51.5 Å². The van der Waals surface area contributed by atoms with E-state index in [1.54, 1.807) is 14.0 Å². The summed E-state index contributed by atoms with van der Waals surface area (Å²) in [5, 5.41) is 9.34. The van der Waals surface area contributed by atoms with E-state index in [0.717, 1.165) is 5.56 Å². The van der Waals surface area contributed by atoms with E-state index in [4.69, 9.17) is 16.3 Å². The first-order chi connectivity index (χ1) is 9.04. The molecule has 0 atom stereocenters. The van der Waals surface area contributed by atoms with Crippen LogP contribution in [0.4, 0.5) is 0 Å². The molecule has 2 rings (SSSR count). The molecule has 1 aromatic heterocycles. The molecule has 0 unspecified atom stereocenters. The molecular weight excluding hydrogens is 266 g/mol. The fourth-order valence-electron chi connectivity index (χ4n) is 1.93. The minimum atomic E-state index is -0.412. The van der Waals surface area contributed by atoms with Crippen LogP contribution in [0.1, 0.15) is 11.3 Å². The van der Waals surface area contributed by atoms with Crippen LogP contribution in [0.25, 0.3) is 0 Å². The first kappa shape index (κ1) is 13.5. The average molecular weight is 280 g/mol. The van der Waals surface area contributed by atoms with E-state index in [1.807, 2.05) is 24.3 Å². The van der Waals surface area contributed by atoms with Gasteiger partial charge in [-0.05, 0) is 13.0 Å². The van der Waals surface area contributed by atoms with Gasteiger partial charge in [-0.2, -0.15) is 0 Å². The van der Waals surface area contributed by atoms with Gasteiger partial charge in [0, 0.05) is 17.3 Å². The van der Waals surface area contributed by atoms with E-state index >= 15 is 0 Å². The Morgan fingerprint density at radius 2 is 2.05 bits per heavy atom. The summed E-state index contributed by atoms with van der Waals surface area (Å²) in [4.78, 5) is 12.0. The summed E-state index contributed by atoms with van der Waals surface area (Å²) in [6, 6.07) is 8.92. The molecule has 1 aromatic carbocycles. The van der Waals surface area contributed by atoms with Crippen molar-refractivity contribution < 1.29 is 9.84 Å². The number of para-hydroxylation sites is 1. The van der Waals surface area contributed by atoms with Crippen LogP contribution in [0.5, 0.6) is 11.5 Å². The normalized spacial score (nSPS) is 10.5. The molecule has 1 heterocycles. The molecule has 0 fully saturated rings. The number of aromatic hydroxyl groups is 1. The Balaban J connectivity index is 2.50. The van der Waals surface area contributed by atoms with E-state index in [2.05, 4.69) is 0 Å².